The summed E-state index contributed by atoms with van der Waals surface area (Å²) >= 11 is 0. The summed E-state index contributed by atoms with van der Waals surface area (Å²) in [6, 6.07) is 17.3. The zero-order valence-electron chi connectivity index (χ0n) is 14.6. The van der Waals surface area contributed by atoms with E-state index < -0.39 is 0 Å². The van der Waals surface area contributed by atoms with Gasteiger partial charge in [0.2, 0.25) is 0 Å². The first-order valence-electron chi connectivity index (χ1n) is 9.00. The Morgan fingerprint density at radius 3 is 2.72 bits per heavy atom. The van der Waals surface area contributed by atoms with Gasteiger partial charge in [-0.2, -0.15) is 0 Å². The Balaban J connectivity index is 1.96. The second-order valence-electron chi connectivity index (χ2n) is 6.53. The number of fused-ring (bicyclic) bond motifs is 2. The third kappa shape index (κ3) is 3.10. The van der Waals surface area contributed by atoms with Crippen LogP contribution in [0, 0.1) is 0 Å². The molecule has 0 amide bonds. The van der Waals surface area contributed by atoms with Crippen LogP contribution in [0.15, 0.2) is 84.0 Å². The fraction of sp³-hybridized carbons (Fsp3) is 0.167. The number of allylic oxidation sites excluding steroid dienone is 7. The first kappa shape index (κ1) is 15.7. The maximum Gasteiger partial charge on any atom is 0.0411 e. The Labute approximate surface area is 150 Å². The summed E-state index contributed by atoms with van der Waals surface area (Å²) < 4.78 is 0. The van der Waals surface area contributed by atoms with Gasteiger partial charge in [0.05, 0.1) is 0 Å². The monoisotopic (exact) mass is 325 g/mol. The van der Waals surface area contributed by atoms with Crippen LogP contribution in [-0.4, -0.2) is 7.05 Å². The highest BCUT2D eigenvalue weighted by molar-refractivity contribution is 5.97. The van der Waals surface area contributed by atoms with E-state index in [1.54, 1.807) is 0 Å². The average Bonchev–Trinajstić information content (AvgIpc) is 2.97. The molecule has 0 aliphatic heterocycles. The second-order valence-corrected chi connectivity index (χ2v) is 6.53. The van der Waals surface area contributed by atoms with E-state index in [1.807, 2.05) is 7.05 Å². The molecular formula is C24H23N. The number of nitrogens with one attached hydrogen (secondary N) is 1. The Kier molecular flexibility index (Phi) is 4.39. The molecule has 1 N–H and O–H groups in total. The van der Waals surface area contributed by atoms with Crippen LogP contribution in [-0.2, 0) is 6.42 Å². The molecular weight excluding hydrogens is 302 g/mol. The Hall–Kier alpha value is -2.80. The molecule has 1 nitrogen and oxygen atoms in total. The molecule has 0 unspecified atom stereocenters. The minimum atomic E-state index is 1.02. The first-order chi connectivity index (χ1) is 12.4. The predicted molar refractivity (Wildman–Crippen MR) is 109 cm³/mol. The van der Waals surface area contributed by atoms with Crippen molar-refractivity contribution in [3.8, 4) is 0 Å². The molecule has 25 heavy (non-hydrogen) atoms. The van der Waals surface area contributed by atoms with Gasteiger partial charge in [0.15, 0.2) is 0 Å². The summed E-state index contributed by atoms with van der Waals surface area (Å²) in [4.78, 5) is 0. The SMILES string of the molecule is CNc1ccccc1/C=C1\C2=CC=CCC=C2CCc2ccccc21. The molecule has 0 spiro atoms. The molecule has 4 rings (SSSR count). The maximum atomic E-state index is 3.32. The van der Waals surface area contributed by atoms with Crippen molar-refractivity contribution in [1.29, 1.82) is 0 Å². The average molecular weight is 325 g/mol. The van der Waals surface area contributed by atoms with E-state index in [1.165, 1.54) is 33.4 Å². The van der Waals surface area contributed by atoms with E-state index in [2.05, 4.69) is 84.2 Å². The van der Waals surface area contributed by atoms with Gasteiger partial charge in [0, 0.05) is 12.7 Å². The van der Waals surface area contributed by atoms with Crippen LogP contribution in [0.1, 0.15) is 29.5 Å². The third-order valence-corrected chi connectivity index (χ3v) is 5.04. The van der Waals surface area contributed by atoms with Gasteiger partial charge in [-0.3, -0.25) is 0 Å². The smallest absolute Gasteiger partial charge is 0.0411 e. The minimum Gasteiger partial charge on any atom is -0.388 e. The van der Waals surface area contributed by atoms with Crippen molar-refractivity contribution in [1.82, 2.24) is 0 Å². The number of para-hydroxylation sites is 1. The number of hydrogen-bond donors (Lipinski definition) is 1. The lowest BCUT2D eigenvalue weighted by Gasteiger charge is -2.15. The highest BCUT2D eigenvalue weighted by Crippen LogP contribution is 2.39. The van der Waals surface area contributed by atoms with Crippen LogP contribution < -0.4 is 5.32 Å². The molecule has 0 saturated heterocycles. The van der Waals surface area contributed by atoms with Crippen molar-refractivity contribution in [3.05, 3.63) is 101 Å². The highest BCUT2D eigenvalue weighted by Gasteiger charge is 2.20. The lowest BCUT2D eigenvalue weighted by Crippen LogP contribution is -1.95. The molecule has 2 aromatic carbocycles. The molecule has 0 radical (unpaired) electrons. The maximum absolute atomic E-state index is 3.32. The summed E-state index contributed by atoms with van der Waals surface area (Å²) in [5.74, 6) is 0. The molecule has 2 aromatic rings. The van der Waals surface area contributed by atoms with Gasteiger partial charge in [-0.05, 0) is 64.8 Å². The van der Waals surface area contributed by atoms with E-state index in [-0.39, 0.29) is 0 Å². The van der Waals surface area contributed by atoms with Crippen LogP contribution >= 0.6 is 0 Å². The molecule has 1 heteroatoms. The van der Waals surface area contributed by atoms with Crippen LogP contribution in [0.5, 0.6) is 0 Å². The summed E-state index contributed by atoms with van der Waals surface area (Å²) in [5, 5.41) is 3.32. The normalized spacial score (nSPS) is 17.7. The number of benzene rings is 2. The van der Waals surface area contributed by atoms with E-state index in [0.29, 0.717) is 0 Å². The third-order valence-electron chi connectivity index (χ3n) is 5.04. The minimum absolute atomic E-state index is 1.02. The Morgan fingerprint density at radius 2 is 1.80 bits per heavy atom. The summed E-state index contributed by atoms with van der Waals surface area (Å²) in [5.41, 5.74) is 9.35. The van der Waals surface area contributed by atoms with Gasteiger partial charge in [-0.25, -0.2) is 0 Å². The molecule has 124 valence electrons. The van der Waals surface area contributed by atoms with Crippen LogP contribution in [0.2, 0.25) is 0 Å². The zero-order valence-corrected chi connectivity index (χ0v) is 14.6. The van der Waals surface area contributed by atoms with Crippen molar-refractivity contribution in [3.63, 3.8) is 0 Å². The van der Waals surface area contributed by atoms with E-state index in [0.717, 1.165) is 24.9 Å². The predicted octanol–water partition coefficient (Wildman–Crippen LogP) is 6.03. The number of rotatable bonds is 2. The van der Waals surface area contributed by atoms with Gasteiger partial charge in [0.1, 0.15) is 0 Å². The van der Waals surface area contributed by atoms with Gasteiger partial charge in [-0.1, -0.05) is 66.8 Å². The van der Waals surface area contributed by atoms with E-state index >= 15 is 0 Å². The van der Waals surface area contributed by atoms with Gasteiger partial charge in [-0.15, -0.1) is 0 Å². The van der Waals surface area contributed by atoms with Gasteiger partial charge in [0.25, 0.3) is 0 Å². The van der Waals surface area contributed by atoms with Crippen molar-refractivity contribution < 1.29 is 0 Å². The molecule has 0 saturated carbocycles. The fourth-order valence-corrected chi connectivity index (χ4v) is 3.75. The lowest BCUT2D eigenvalue weighted by atomic mass is 9.90. The van der Waals surface area contributed by atoms with Crippen molar-refractivity contribution in [2.45, 2.75) is 19.3 Å². The summed E-state index contributed by atoms with van der Waals surface area (Å²) in [6.07, 6.45) is 14.7. The van der Waals surface area contributed by atoms with Crippen molar-refractivity contribution >= 4 is 17.3 Å². The first-order valence-corrected chi connectivity index (χ1v) is 9.00. The topological polar surface area (TPSA) is 12.0 Å². The van der Waals surface area contributed by atoms with Crippen LogP contribution in [0.3, 0.4) is 0 Å². The number of aryl methyl sites for hydroxylation is 1. The molecule has 0 fully saturated rings. The van der Waals surface area contributed by atoms with Crippen LogP contribution in [0.25, 0.3) is 11.6 Å². The standard InChI is InChI=1S/C24H23N/c1-25-24-14-8-6-11-20(24)17-23-21-12-4-2-3-9-18(21)15-16-19-10-5-7-13-22(19)23/h2,4-14,17,25H,3,15-16H2,1H3/b23-17+. The zero-order chi connectivity index (χ0) is 17.1. The largest absolute Gasteiger partial charge is 0.388 e. The van der Waals surface area contributed by atoms with E-state index in [4.69, 9.17) is 0 Å². The molecule has 0 atom stereocenters. The number of hydrogen-bond acceptors (Lipinski definition) is 1. The molecule has 0 heterocycles. The Bertz CT molecular complexity index is 909. The van der Waals surface area contributed by atoms with Crippen molar-refractivity contribution in [2.75, 3.05) is 12.4 Å². The van der Waals surface area contributed by atoms with Gasteiger partial charge >= 0.3 is 0 Å². The van der Waals surface area contributed by atoms with Crippen LogP contribution in [0.4, 0.5) is 5.69 Å². The summed E-state index contributed by atoms with van der Waals surface area (Å²) in [6.45, 7) is 0. The molecule has 0 bridgehead atoms. The molecule has 2 aliphatic rings. The Morgan fingerprint density at radius 1 is 0.960 bits per heavy atom. The second kappa shape index (κ2) is 6.98. The highest BCUT2D eigenvalue weighted by atomic mass is 14.8. The number of anilines is 1. The van der Waals surface area contributed by atoms with Crippen molar-refractivity contribution in [2.24, 2.45) is 0 Å². The molecule has 2 aliphatic carbocycles. The summed E-state index contributed by atoms with van der Waals surface area (Å²) in [7, 11) is 1.98. The lowest BCUT2D eigenvalue weighted by molar-refractivity contribution is 0.962. The fourth-order valence-electron chi connectivity index (χ4n) is 3.75. The molecule has 0 aromatic heterocycles. The van der Waals surface area contributed by atoms with Gasteiger partial charge < -0.3 is 5.32 Å². The van der Waals surface area contributed by atoms with E-state index in [9.17, 15) is 0 Å². The quantitative estimate of drug-likeness (QED) is 0.711.